The lowest BCUT2D eigenvalue weighted by molar-refractivity contribution is -0.137. The van der Waals surface area contributed by atoms with Gasteiger partial charge in [-0.1, -0.05) is 17.4 Å². The van der Waals surface area contributed by atoms with E-state index in [1.54, 1.807) is 10.0 Å². The zero-order valence-corrected chi connectivity index (χ0v) is 13.0. The lowest BCUT2D eigenvalue weighted by Gasteiger charge is -2.17. The molecule has 1 aliphatic rings. The number of nitrogens with two attached hydrogens (primary N) is 1. The molecule has 2 aromatic carbocycles. The van der Waals surface area contributed by atoms with Crippen molar-refractivity contribution in [2.75, 3.05) is 17.4 Å². The molecule has 0 aromatic heterocycles. The van der Waals surface area contributed by atoms with E-state index in [-0.39, 0.29) is 0 Å². The molecule has 0 spiro atoms. The molecule has 126 valence electrons. The van der Waals surface area contributed by atoms with Gasteiger partial charge in [-0.05, 0) is 53.6 Å². The number of nitrogen functional groups attached to an aromatic ring is 1. The average Bonchev–Trinajstić information content (AvgIpc) is 2.99. The summed E-state index contributed by atoms with van der Waals surface area (Å²) in [4.78, 5) is 0. The third-order valence-electron chi connectivity index (χ3n) is 3.76. The van der Waals surface area contributed by atoms with Crippen LogP contribution in [0.3, 0.4) is 0 Å². The zero-order chi connectivity index (χ0) is 17.3. The van der Waals surface area contributed by atoms with Crippen molar-refractivity contribution in [3.05, 3.63) is 59.2 Å². The molecule has 0 aliphatic carbocycles. The molecule has 5 nitrogen and oxygen atoms in total. The predicted molar refractivity (Wildman–Crippen MR) is 84.8 cm³/mol. The Morgan fingerprint density at radius 3 is 2.42 bits per heavy atom. The van der Waals surface area contributed by atoms with Crippen molar-refractivity contribution in [3.63, 3.8) is 0 Å². The van der Waals surface area contributed by atoms with E-state index >= 15 is 0 Å². The van der Waals surface area contributed by atoms with Crippen LogP contribution in [0.15, 0.2) is 52.9 Å². The fourth-order valence-corrected chi connectivity index (χ4v) is 2.40. The monoisotopic (exact) mass is 335 g/mol. The van der Waals surface area contributed by atoms with Gasteiger partial charge in [-0.25, -0.2) is 5.01 Å². The third-order valence-corrected chi connectivity index (χ3v) is 3.76. The molecule has 0 unspecified atom stereocenters. The number of nitrogens with zero attached hydrogens (tertiary/aromatic N) is 4. The number of benzene rings is 2. The number of hydrogen-bond donors (Lipinski definition) is 1. The summed E-state index contributed by atoms with van der Waals surface area (Å²) in [5.74, 6) is 0. The second-order valence-corrected chi connectivity index (χ2v) is 5.62. The molecule has 2 N–H and O–H groups in total. The predicted octanol–water partition coefficient (Wildman–Crippen LogP) is 4.16. The summed E-state index contributed by atoms with van der Waals surface area (Å²) in [6, 6.07) is 10.6. The van der Waals surface area contributed by atoms with E-state index in [9.17, 15) is 13.2 Å². The summed E-state index contributed by atoms with van der Waals surface area (Å²) in [6.07, 6.45) is -4.34. The maximum Gasteiger partial charge on any atom is 0.416 e. The van der Waals surface area contributed by atoms with E-state index in [4.69, 9.17) is 5.73 Å². The van der Waals surface area contributed by atoms with Crippen LogP contribution in [0.4, 0.5) is 24.5 Å². The fraction of sp³-hybridized carbons (Fsp3) is 0.250. The Bertz CT molecular complexity index is 755. The van der Waals surface area contributed by atoms with Crippen LogP contribution in [0.1, 0.15) is 16.7 Å². The second kappa shape index (κ2) is 6.03. The summed E-state index contributed by atoms with van der Waals surface area (Å²) in [6.45, 7) is 2.84. The van der Waals surface area contributed by atoms with Crippen molar-refractivity contribution >= 4 is 11.4 Å². The first-order valence-electron chi connectivity index (χ1n) is 7.29. The summed E-state index contributed by atoms with van der Waals surface area (Å²) >= 11 is 0. The molecule has 0 bridgehead atoms. The largest absolute Gasteiger partial charge is 0.416 e. The Morgan fingerprint density at radius 1 is 1.08 bits per heavy atom. The molecule has 0 radical (unpaired) electrons. The van der Waals surface area contributed by atoms with Crippen molar-refractivity contribution in [1.29, 1.82) is 0 Å². The first-order chi connectivity index (χ1) is 11.3. The first-order valence-corrected chi connectivity index (χ1v) is 7.29. The minimum atomic E-state index is -4.34. The highest BCUT2D eigenvalue weighted by atomic mass is 19.4. The Hall–Kier alpha value is -2.77. The van der Waals surface area contributed by atoms with E-state index < -0.39 is 11.7 Å². The molecule has 24 heavy (non-hydrogen) atoms. The average molecular weight is 335 g/mol. The molecule has 0 fully saturated rings. The molecule has 1 heterocycles. The summed E-state index contributed by atoms with van der Waals surface area (Å²) < 4.78 is 37.8. The van der Waals surface area contributed by atoms with Crippen LogP contribution >= 0.6 is 0 Å². The molecule has 0 amide bonds. The highest BCUT2D eigenvalue weighted by Gasteiger charge is 2.30. The van der Waals surface area contributed by atoms with Gasteiger partial charge in [-0.15, -0.1) is 0 Å². The van der Waals surface area contributed by atoms with Crippen LogP contribution < -0.4 is 10.7 Å². The van der Waals surface area contributed by atoms with Crippen molar-refractivity contribution < 1.29 is 13.2 Å². The topological polar surface area (TPSA) is 57.2 Å². The van der Waals surface area contributed by atoms with Crippen LogP contribution in [0.2, 0.25) is 0 Å². The van der Waals surface area contributed by atoms with Gasteiger partial charge in [0, 0.05) is 5.69 Å². The number of anilines is 2. The van der Waals surface area contributed by atoms with Crippen LogP contribution in [0, 0.1) is 6.92 Å². The van der Waals surface area contributed by atoms with Gasteiger partial charge >= 0.3 is 6.18 Å². The van der Waals surface area contributed by atoms with Crippen LogP contribution in [0.5, 0.6) is 0 Å². The van der Waals surface area contributed by atoms with Gasteiger partial charge in [0.25, 0.3) is 0 Å². The molecule has 0 atom stereocenters. The third kappa shape index (κ3) is 3.42. The molecule has 2 aromatic rings. The Morgan fingerprint density at radius 2 is 1.79 bits per heavy atom. The molecule has 0 saturated carbocycles. The molecule has 1 aliphatic heterocycles. The fourth-order valence-electron chi connectivity index (χ4n) is 2.40. The minimum Gasteiger partial charge on any atom is -0.399 e. The molecular weight excluding hydrogens is 319 g/mol. The van der Waals surface area contributed by atoms with Crippen LogP contribution in [-0.4, -0.2) is 11.7 Å². The smallest absolute Gasteiger partial charge is 0.399 e. The van der Waals surface area contributed by atoms with Gasteiger partial charge in [0.05, 0.1) is 17.8 Å². The van der Waals surface area contributed by atoms with Gasteiger partial charge in [0.15, 0.2) is 0 Å². The summed E-state index contributed by atoms with van der Waals surface area (Å²) in [7, 11) is 0. The summed E-state index contributed by atoms with van der Waals surface area (Å²) in [5.41, 5.74) is 8.42. The Labute approximate surface area is 137 Å². The standard InChI is InChI=1S/C16H16F3N5/c1-11-8-12(2-7-15(11)20)9-23-10-24(22-21-23)14-5-3-13(4-6-14)16(17,18)19/h2-8H,9-10,20H2,1H3. The molecular formula is C16H16F3N5. The molecule has 3 rings (SSSR count). The lowest BCUT2D eigenvalue weighted by atomic mass is 10.1. The Balaban J connectivity index is 1.65. The van der Waals surface area contributed by atoms with E-state index in [0.717, 1.165) is 28.9 Å². The van der Waals surface area contributed by atoms with Gasteiger partial charge in [-0.2, -0.15) is 13.2 Å². The SMILES string of the molecule is Cc1cc(CN2CN(c3ccc(C(F)(F)F)cc3)N=N2)ccc1N. The molecule has 8 heteroatoms. The second-order valence-electron chi connectivity index (χ2n) is 5.62. The van der Waals surface area contributed by atoms with Crippen molar-refractivity contribution in [2.45, 2.75) is 19.6 Å². The van der Waals surface area contributed by atoms with Gasteiger partial charge in [0.2, 0.25) is 0 Å². The van der Waals surface area contributed by atoms with Crippen molar-refractivity contribution in [2.24, 2.45) is 10.4 Å². The zero-order valence-electron chi connectivity index (χ0n) is 13.0. The number of aryl methyl sites for hydroxylation is 1. The van der Waals surface area contributed by atoms with Crippen molar-refractivity contribution in [3.8, 4) is 0 Å². The van der Waals surface area contributed by atoms with Gasteiger partial charge in [0.1, 0.15) is 6.67 Å². The first kappa shape index (κ1) is 16.1. The highest BCUT2D eigenvalue weighted by Crippen LogP contribution is 2.31. The summed E-state index contributed by atoms with van der Waals surface area (Å²) in [5, 5.41) is 11.3. The highest BCUT2D eigenvalue weighted by molar-refractivity contribution is 5.48. The maximum absolute atomic E-state index is 12.6. The van der Waals surface area contributed by atoms with E-state index in [0.29, 0.717) is 18.9 Å². The Kier molecular flexibility index (Phi) is 4.04. The number of alkyl halides is 3. The van der Waals surface area contributed by atoms with Crippen molar-refractivity contribution in [1.82, 2.24) is 5.01 Å². The maximum atomic E-state index is 12.6. The van der Waals surface area contributed by atoms with Crippen LogP contribution in [-0.2, 0) is 12.7 Å². The number of hydrogen-bond acceptors (Lipinski definition) is 5. The minimum absolute atomic E-state index is 0.370. The van der Waals surface area contributed by atoms with E-state index in [1.807, 2.05) is 25.1 Å². The van der Waals surface area contributed by atoms with Crippen LogP contribution in [0.25, 0.3) is 0 Å². The normalized spacial score (nSPS) is 14.5. The van der Waals surface area contributed by atoms with E-state index in [2.05, 4.69) is 10.4 Å². The van der Waals surface area contributed by atoms with E-state index in [1.165, 1.54) is 12.1 Å². The number of rotatable bonds is 3. The van der Waals surface area contributed by atoms with Gasteiger partial charge < -0.3 is 5.73 Å². The van der Waals surface area contributed by atoms with Gasteiger partial charge in [-0.3, -0.25) is 5.01 Å². The lowest BCUT2D eigenvalue weighted by Crippen LogP contribution is -2.24. The number of halogens is 3. The molecule has 0 saturated heterocycles. The quantitative estimate of drug-likeness (QED) is 0.857.